The molecular formula is C22H18BrNO2. The maximum Gasteiger partial charge on any atom is 0.231 e. The number of nitrogens with zero attached hydrogens (tertiary/aromatic N) is 1. The Kier molecular flexibility index (Phi) is 5.97. The highest BCUT2D eigenvalue weighted by molar-refractivity contribution is 9.10. The van der Waals surface area contributed by atoms with Gasteiger partial charge in [-0.1, -0.05) is 76.6 Å². The fourth-order valence-electron chi connectivity index (χ4n) is 2.67. The van der Waals surface area contributed by atoms with Gasteiger partial charge in [-0.25, -0.2) is 0 Å². The van der Waals surface area contributed by atoms with Crippen LogP contribution in [0.1, 0.15) is 15.9 Å². The summed E-state index contributed by atoms with van der Waals surface area (Å²) in [6.07, 6.45) is 0.249. The molecular weight excluding hydrogens is 390 g/mol. The number of carbonyl (C=O) groups is 2. The average molecular weight is 408 g/mol. The Morgan fingerprint density at radius 3 is 1.96 bits per heavy atom. The quantitative estimate of drug-likeness (QED) is 0.544. The third-order valence-electron chi connectivity index (χ3n) is 4.04. The predicted octanol–water partition coefficient (Wildman–Crippen LogP) is 4.91. The summed E-state index contributed by atoms with van der Waals surface area (Å²) >= 11 is 3.40. The Morgan fingerprint density at radius 2 is 1.35 bits per heavy atom. The van der Waals surface area contributed by atoms with Crippen molar-refractivity contribution in [1.82, 2.24) is 0 Å². The average Bonchev–Trinajstić information content (AvgIpc) is 2.68. The molecule has 3 rings (SSSR count). The fraction of sp³-hybridized carbons (Fsp3) is 0.0909. The van der Waals surface area contributed by atoms with Crippen molar-refractivity contribution in [2.75, 3.05) is 11.4 Å². The van der Waals surface area contributed by atoms with Crippen LogP contribution in [0.25, 0.3) is 0 Å². The Morgan fingerprint density at radius 1 is 0.769 bits per heavy atom. The lowest BCUT2D eigenvalue weighted by Crippen LogP contribution is -2.36. The molecule has 0 aliphatic rings. The standard InChI is InChI=1S/C22H18BrNO2/c23-19-11-13-20(14-12-19)24(16-21(25)18-9-5-2-6-10-18)22(26)15-17-7-3-1-4-8-17/h1-14H,15-16H2. The number of rotatable bonds is 6. The summed E-state index contributed by atoms with van der Waals surface area (Å²) < 4.78 is 0.922. The minimum atomic E-state index is -0.109. The molecule has 0 bridgehead atoms. The first-order valence-electron chi connectivity index (χ1n) is 8.31. The predicted molar refractivity (Wildman–Crippen MR) is 107 cm³/mol. The van der Waals surface area contributed by atoms with Gasteiger partial charge in [0.05, 0.1) is 13.0 Å². The van der Waals surface area contributed by atoms with E-state index in [9.17, 15) is 9.59 Å². The van der Waals surface area contributed by atoms with E-state index in [1.807, 2.05) is 72.8 Å². The van der Waals surface area contributed by atoms with Gasteiger partial charge in [0.1, 0.15) is 0 Å². The summed E-state index contributed by atoms with van der Waals surface area (Å²) in [5, 5.41) is 0. The van der Waals surface area contributed by atoms with Crippen molar-refractivity contribution in [2.45, 2.75) is 6.42 Å². The van der Waals surface area contributed by atoms with E-state index >= 15 is 0 Å². The molecule has 0 saturated heterocycles. The lowest BCUT2D eigenvalue weighted by molar-refractivity contribution is -0.117. The van der Waals surface area contributed by atoms with Crippen LogP contribution < -0.4 is 4.90 Å². The largest absolute Gasteiger partial charge is 0.304 e. The molecule has 26 heavy (non-hydrogen) atoms. The van der Waals surface area contributed by atoms with E-state index in [1.165, 1.54) is 0 Å². The molecule has 3 nitrogen and oxygen atoms in total. The molecule has 0 unspecified atom stereocenters. The van der Waals surface area contributed by atoms with Crippen LogP contribution in [0.2, 0.25) is 0 Å². The highest BCUT2D eigenvalue weighted by Crippen LogP contribution is 2.20. The Bertz CT molecular complexity index is 877. The maximum absolute atomic E-state index is 12.9. The number of ketones is 1. The van der Waals surface area contributed by atoms with Gasteiger partial charge in [0, 0.05) is 15.7 Å². The summed E-state index contributed by atoms with van der Waals surface area (Å²) in [6, 6.07) is 26.0. The molecule has 0 aliphatic carbocycles. The fourth-order valence-corrected chi connectivity index (χ4v) is 2.93. The van der Waals surface area contributed by atoms with Crippen LogP contribution in [-0.4, -0.2) is 18.2 Å². The van der Waals surface area contributed by atoms with E-state index in [1.54, 1.807) is 17.0 Å². The van der Waals surface area contributed by atoms with Crippen LogP contribution in [0.15, 0.2) is 89.4 Å². The lowest BCUT2D eigenvalue weighted by atomic mass is 10.1. The normalized spacial score (nSPS) is 10.3. The van der Waals surface area contributed by atoms with Crippen LogP contribution in [0.3, 0.4) is 0 Å². The van der Waals surface area contributed by atoms with Crippen molar-refractivity contribution >= 4 is 33.3 Å². The number of hydrogen-bond donors (Lipinski definition) is 0. The number of Topliss-reactive ketones (excluding diaryl/α,β-unsaturated/α-hetero) is 1. The van der Waals surface area contributed by atoms with Crippen molar-refractivity contribution in [3.05, 3.63) is 101 Å². The van der Waals surface area contributed by atoms with Gasteiger partial charge in [-0.2, -0.15) is 0 Å². The molecule has 0 fully saturated rings. The summed E-state index contributed by atoms with van der Waals surface area (Å²) in [4.78, 5) is 27.1. The SMILES string of the molecule is O=C(CN(C(=O)Cc1ccccc1)c1ccc(Br)cc1)c1ccccc1. The van der Waals surface area contributed by atoms with Gasteiger partial charge in [0.25, 0.3) is 0 Å². The van der Waals surface area contributed by atoms with Crippen molar-refractivity contribution in [2.24, 2.45) is 0 Å². The first kappa shape index (κ1) is 18.1. The van der Waals surface area contributed by atoms with Crippen LogP contribution in [0, 0.1) is 0 Å². The molecule has 0 saturated carbocycles. The number of anilines is 1. The third-order valence-corrected chi connectivity index (χ3v) is 4.56. The van der Waals surface area contributed by atoms with Gasteiger partial charge in [0.2, 0.25) is 5.91 Å². The van der Waals surface area contributed by atoms with Gasteiger partial charge >= 0.3 is 0 Å². The minimum absolute atomic E-state index is 0.0112. The zero-order chi connectivity index (χ0) is 18.4. The number of carbonyl (C=O) groups excluding carboxylic acids is 2. The second kappa shape index (κ2) is 8.59. The maximum atomic E-state index is 12.9. The van der Waals surface area contributed by atoms with Gasteiger partial charge in [-0.3, -0.25) is 9.59 Å². The highest BCUT2D eigenvalue weighted by atomic mass is 79.9. The number of benzene rings is 3. The van der Waals surface area contributed by atoms with E-state index < -0.39 is 0 Å². The van der Waals surface area contributed by atoms with Crippen LogP contribution in [-0.2, 0) is 11.2 Å². The molecule has 0 aliphatic heterocycles. The highest BCUT2D eigenvalue weighted by Gasteiger charge is 2.20. The molecule has 3 aromatic carbocycles. The summed E-state index contributed by atoms with van der Waals surface area (Å²) in [6.45, 7) is 0.0112. The van der Waals surface area contributed by atoms with Crippen molar-refractivity contribution in [1.29, 1.82) is 0 Å². The molecule has 0 heterocycles. The smallest absolute Gasteiger partial charge is 0.231 e. The molecule has 4 heteroatoms. The van der Waals surface area contributed by atoms with E-state index in [0.717, 1.165) is 10.0 Å². The topological polar surface area (TPSA) is 37.4 Å². The summed E-state index contributed by atoms with van der Waals surface area (Å²) in [5.41, 5.74) is 2.23. The van der Waals surface area contributed by atoms with Gasteiger partial charge < -0.3 is 4.90 Å². The zero-order valence-electron chi connectivity index (χ0n) is 14.1. The van der Waals surface area contributed by atoms with Crippen molar-refractivity contribution in [3.8, 4) is 0 Å². The lowest BCUT2D eigenvalue weighted by Gasteiger charge is -2.22. The molecule has 0 spiro atoms. The Balaban J connectivity index is 1.85. The van der Waals surface area contributed by atoms with Gasteiger partial charge in [-0.05, 0) is 29.8 Å². The molecule has 3 aromatic rings. The molecule has 0 atom stereocenters. The van der Waals surface area contributed by atoms with Crippen LogP contribution in [0.5, 0.6) is 0 Å². The molecule has 0 radical (unpaired) electrons. The number of hydrogen-bond acceptors (Lipinski definition) is 2. The second-order valence-corrected chi connectivity index (χ2v) is 6.82. The van der Waals surface area contributed by atoms with E-state index in [0.29, 0.717) is 11.3 Å². The van der Waals surface area contributed by atoms with Crippen molar-refractivity contribution < 1.29 is 9.59 Å². The number of halogens is 1. The monoisotopic (exact) mass is 407 g/mol. The van der Waals surface area contributed by atoms with Crippen LogP contribution >= 0.6 is 15.9 Å². The van der Waals surface area contributed by atoms with E-state index in [4.69, 9.17) is 0 Å². The van der Waals surface area contributed by atoms with E-state index in [2.05, 4.69) is 15.9 Å². The van der Waals surface area contributed by atoms with Gasteiger partial charge in [-0.15, -0.1) is 0 Å². The summed E-state index contributed by atoms with van der Waals surface area (Å²) in [7, 11) is 0. The molecule has 0 aromatic heterocycles. The first-order chi connectivity index (χ1) is 12.6. The molecule has 0 N–H and O–H groups in total. The third kappa shape index (κ3) is 4.67. The van der Waals surface area contributed by atoms with E-state index in [-0.39, 0.29) is 24.7 Å². The Hall–Kier alpha value is -2.72. The van der Waals surface area contributed by atoms with Gasteiger partial charge in [0.15, 0.2) is 5.78 Å². The molecule has 130 valence electrons. The van der Waals surface area contributed by atoms with Crippen molar-refractivity contribution in [3.63, 3.8) is 0 Å². The second-order valence-electron chi connectivity index (χ2n) is 5.91. The number of amides is 1. The van der Waals surface area contributed by atoms with Crippen LogP contribution in [0.4, 0.5) is 5.69 Å². The zero-order valence-corrected chi connectivity index (χ0v) is 15.7. The molecule has 1 amide bonds. The Labute approximate surface area is 161 Å². The minimum Gasteiger partial charge on any atom is -0.304 e. The summed E-state index contributed by atoms with van der Waals surface area (Å²) in [5.74, 6) is -0.197. The first-order valence-corrected chi connectivity index (χ1v) is 9.11.